The number of aromatic nitrogens is 6. The van der Waals surface area contributed by atoms with Crippen LogP contribution in [0.1, 0.15) is 12.6 Å². The zero-order chi connectivity index (χ0) is 17.9. The van der Waals surface area contributed by atoms with E-state index < -0.39 is 0 Å². The zero-order valence-electron chi connectivity index (χ0n) is 14.1. The number of aromatic amines is 1. The molecule has 4 aromatic rings. The summed E-state index contributed by atoms with van der Waals surface area (Å²) < 4.78 is 1.84. The monoisotopic (exact) mass is 347 g/mol. The Hall–Kier alpha value is -3.62. The predicted molar refractivity (Wildman–Crippen MR) is 97.2 cm³/mol. The topological polar surface area (TPSA) is 121 Å². The zero-order valence-corrected chi connectivity index (χ0v) is 14.1. The maximum atomic E-state index is 7.38. The third kappa shape index (κ3) is 2.90. The molecule has 9 heteroatoms. The lowest BCUT2D eigenvalue weighted by Gasteiger charge is -2.08. The molecule has 0 aliphatic carbocycles. The van der Waals surface area contributed by atoms with E-state index >= 15 is 0 Å². The number of nitrogens with one attached hydrogen (secondary N) is 3. The molecule has 0 aromatic carbocycles. The fourth-order valence-electron chi connectivity index (χ4n) is 2.71. The highest BCUT2D eigenvalue weighted by Crippen LogP contribution is 2.28. The van der Waals surface area contributed by atoms with E-state index in [1.807, 2.05) is 36.0 Å². The molecular weight excluding hydrogens is 330 g/mol. The summed E-state index contributed by atoms with van der Waals surface area (Å²) in [5.41, 5.74) is 11.1. The van der Waals surface area contributed by atoms with Gasteiger partial charge in [-0.15, -0.1) is 0 Å². The maximum absolute atomic E-state index is 7.38. The van der Waals surface area contributed by atoms with E-state index in [0.717, 1.165) is 28.9 Å². The minimum atomic E-state index is 0.468. The van der Waals surface area contributed by atoms with Crippen molar-refractivity contribution in [2.45, 2.75) is 20.0 Å². The molecule has 0 atom stereocenters. The van der Waals surface area contributed by atoms with Crippen LogP contribution >= 0.6 is 0 Å². The van der Waals surface area contributed by atoms with Crippen molar-refractivity contribution >= 4 is 22.5 Å². The summed E-state index contributed by atoms with van der Waals surface area (Å²) in [6.07, 6.45) is 5.43. The normalized spacial score (nSPS) is 11.0. The van der Waals surface area contributed by atoms with Crippen molar-refractivity contribution in [2.24, 2.45) is 5.11 Å². The molecule has 0 saturated carbocycles. The van der Waals surface area contributed by atoms with E-state index in [4.69, 9.17) is 5.53 Å². The van der Waals surface area contributed by atoms with Gasteiger partial charge in [0.1, 0.15) is 5.69 Å². The van der Waals surface area contributed by atoms with Crippen LogP contribution in [0.15, 0.2) is 48.0 Å². The Bertz CT molecular complexity index is 1060. The molecule has 26 heavy (non-hydrogen) atoms. The summed E-state index contributed by atoms with van der Waals surface area (Å²) in [5.74, 6) is 0.536. The van der Waals surface area contributed by atoms with Gasteiger partial charge in [-0.3, -0.25) is 9.78 Å². The van der Waals surface area contributed by atoms with Crippen LogP contribution in [0.5, 0.6) is 0 Å². The standard InChI is InChI=1S/C17H17N9/c1-2-26-10-11(8-21-26)13-5-6-14(23-18)17(22-13)20-9-15-12-4-3-7-19-16(12)25-24-15/h3-8,10,18H,2,9H2,1H3,(H,20,22)(H,19,24,25). The minimum Gasteiger partial charge on any atom is -0.363 e. The Kier molecular flexibility index (Phi) is 4.10. The van der Waals surface area contributed by atoms with Gasteiger partial charge < -0.3 is 5.32 Å². The molecule has 0 amide bonds. The molecule has 4 rings (SSSR count). The number of pyridine rings is 2. The highest BCUT2D eigenvalue weighted by atomic mass is 15.3. The molecule has 0 fully saturated rings. The van der Waals surface area contributed by atoms with Crippen LogP contribution < -0.4 is 5.32 Å². The van der Waals surface area contributed by atoms with Crippen LogP contribution in [0.3, 0.4) is 0 Å². The van der Waals surface area contributed by atoms with Crippen LogP contribution in [0.4, 0.5) is 11.5 Å². The molecule has 0 radical (unpaired) electrons. The van der Waals surface area contributed by atoms with Crippen molar-refractivity contribution < 1.29 is 0 Å². The predicted octanol–water partition coefficient (Wildman–Crippen LogP) is 3.51. The third-order valence-electron chi connectivity index (χ3n) is 4.09. The van der Waals surface area contributed by atoms with Crippen LogP contribution in [0.2, 0.25) is 0 Å². The van der Waals surface area contributed by atoms with E-state index in [0.29, 0.717) is 23.7 Å². The number of nitrogens with zero attached hydrogens (tertiary/aromatic N) is 6. The Balaban J connectivity index is 1.62. The second kappa shape index (κ2) is 6.71. The fourth-order valence-corrected chi connectivity index (χ4v) is 2.71. The summed E-state index contributed by atoms with van der Waals surface area (Å²) in [6, 6.07) is 7.44. The highest BCUT2D eigenvalue weighted by Gasteiger charge is 2.11. The Labute approximate surface area is 149 Å². The van der Waals surface area contributed by atoms with Gasteiger partial charge in [0, 0.05) is 29.9 Å². The lowest BCUT2D eigenvalue weighted by atomic mass is 10.2. The van der Waals surface area contributed by atoms with Gasteiger partial charge in [-0.1, -0.05) is 0 Å². The minimum absolute atomic E-state index is 0.468. The van der Waals surface area contributed by atoms with Gasteiger partial charge in [0.15, 0.2) is 11.5 Å². The first-order valence-electron chi connectivity index (χ1n) is 8.21. The van der Waals surface area contributed by atoms with E-state index in [1.165, 1.54) is 0 Å². The first kappa shape index (κ1) is 15.9. The average molecular weight is 347 g/mol. The van der Waals surface area contributed by atoms with Crippen molar-refractivity contribution in [3.05, 3.63) is 48.5 Å². The number of anilines is 1. The summed E-state index contributed by atoms with van der Waals surface area (Å²) in [6.45, 7) is 3.30. The molecule has 130 valence electrons. The lowest BCUT2D eigenvalue weighted by molar-refractivity contribution is 0.660. The van der Waals surface area contributed by atoms with Crippen molar-refractivity contribution in [1.82, 2.24) is 29.9 Å². The van der Waals surface area contributed by atoms with Gasteiger partial charge in [0.25, 0.3) is 0 Å². The van der Waals surface area contributed by atoms with E-state index in [2.05, 4.69) is 35.7 Å². The first-order chi connectivity index (χ1) is 12.8. The van der Waals surface area contributed by atoms with E-state index in [1.54, 1.807) is 18.5 Å². The number of rotatable bonds is 6. The van der Waals surface area contributed by atoms with E-state index in [-0.39, 0.29) is 0 Å². The molecule has 9 nitrogen and oxygen atoms in total. The lowest BCUT2D eigenvalue weighted by Crippen LogP contribution is -2.03. The van der Waals surface area contributed by atoms with Crippen LogP contribution in [-0.2, 0) is 13.1 Å². The van der Waals surface area contributed by atoms with Gasteiger partial charge in [0.2, 0.25) is 0 Å². The highest BCUT2D eigenvalue weighted by molar-refractivity contribution is 5.77. The molecule has 3 N–H and O–H groups in total. The molecule has 0 spiro atoms. The van der Waals surface area contributed by atoms with Crippen LogP contribution in [-0.4, -0.2) is 29.9 Å². The number of hydrogen-bond donors (Lipinski definition) is 3. The Morgan fingerprint density at radius 1 is 1.31 bits per heavy atom. The smallest absolute Gasteiger partial charge is 0.181 e. The first-order valence-corrected chi connectivity index (χ1v) is 8.21. The van der Waals surface area contributed by atoms with Crippen molar-refractivity contribution in [3.8, 4) is 11.3 Å². The second-order valence-electron chi connectivity index (χ2n) is 5.69. The van der Waals surface area contributed by atoms with Gasteiger partial charge in [-0.25, -0.2) is 15.5 Å². The van der Waals surface area contributed by atoms with Crippen LogP contribution in [0, 0.1) is 5.53 Å². The van der Waals surface area contributed by atoms with E-state index in [9.17, 15) is 0 Å². The quantitative estimate of drug-likeness (QED) is 0.461. The molecule has 0 unspecified atom stereocenters. The molecule has 0 bridgehead atoms. The average Bonchev–Trinajstić information content (AvgIpc) is 3.33. The second-order valence-corrected chi connectivity index (χ2v) is 5.69. The molecule has 4 aromatic heterocycles. The third-order valence-corrected chi connectivity index (χ3v) is 4.09. The number of fused-ring (bicyclic) bond motifs is 1. The summed E-state index contributed by atoms with van der Waals surface area (Å²) in [7, 11) is 0. The number of aryl methyl sites for hydroxylation is 1. The number of H-pyrrole nitrogens is 1. The fraction of sp³-hybridized carbons (Fsp3) is 0.176. The van der Waals surface area contributed by atoms with Gasteiger partial charge in [-0.2, -0.15) is 15.3 Å². The van der Waals surface area contributed by atoms with Crippen molar-refractivity contribution in [1.29, 1.82) is 5.53 Å². The summed E-state index contributed by atoms with van der Waals surface area (Å²) >= 11 is 0. The Morgan fingerprint density at radius 2 is 2.23 bits per heavy atom. The van der Waals surface area contributed by atoms with Crippen LogP contribution in [0.25, 0.3) is 22.3 Å². The SMILES string of the molecule is CCn1cc(-c2ccc(N=N)c(NCc3[nH]nc4ncccc34)n2)cn1. The summed E-state index contributed by atoms with van der Waals surface area (Å²) in [4.78, 5) is 8.82. The van der Waals surface area contributed by atoms with Crippen molar-refractivity contribution in [3.63, 3.8) is 0 Å². The largest absolute Gasteiger partial charge is 0.363 e. The van der Waals surface area contributed by atoms with Gasteiger partial charge in [-0.05, 0) is 31.2 Å². The Morgan fingerprint density at radius 3 is 3.04 bits per heavy atom. The molecular formula is C17H17N9. The maximum Gasteiger partial charge on any atom is 0.181 e. The molecule has 4 heterocycles. The van der Waals surface area contributed by atoms with Gasteiger partial charge in [0.05, 0.1) is 24.1 Å². The number of hydrogen-bond acceptors (Lipinski definition) is 7. The summed E-state index contributed by atoms with van der Waals surface area (Å²) in [5, 5.41) is 19.2. The van der Waals surface area contributed by atoms with Gasteiger partial charge >= 0.3 is 0 Å². The molecule has 0 aliphatic rings. The van der Waals surface area contributed by atoms with Crippen molar-refractivity contribution in [2.75, 3.05) is 5.32 Å². The molecule has 0 saturated heterocycles. The molecule has 0 aliphatic heterocycles.